The zero-order valence-corrected chi connectivity index (χ0v) is 9.80. The number of aliphatic hydroxyl groups excluding tert-OH is 2. The predicted octanol–water partition coefficient (Wildman–Crippen LogP) is -2.20. The highest BCUT2D eigenvalue weighted by atomic mass is 32.2. The van der Waals surface area contributed by atoms with Crippen LogP contribution in [0.25, 0.3) is 0 Å². The Kier molecular flexibility index (Phi) is 5.09. The Bertz CT molecular complexity index is 300. The summed E-state index contributed by atoms with van der Waals surface area (Å²) in [6.07, 6.45) is -1.16. The summed E-state index contributed by atoms with van der Waals surface area (Å²) in [4.78, 5) is 3.62. The molecule has 0 spiro atoms. The maximum Gasteiger partial charge on any atom is 0.268 e. The lowest BCUT2D eigenvalue weighted by molar-refractivity contribution is -0.0134. The minimum atomic E-state index is -4.14. The second-order valence-corrected chi connectivity index (χ2v) is 5.33. The fourth-order valence-corrected chi connectivity index (χ4v) is 2.31. The van der Waals surface area contributed by atoms with E-state index in [0.29, 0.717) is 32.7 Å². The number of β-amino-alcohol motifs (C(OH)–C–C–N with tert-alkyl or cyclic N) is 1. The van der Waals surface area contributed by atoms with Gasteiger partial charge in [-0.3, -0.25) is 14.4 Å². The van der Waals surface area contributed by atoms with Gasteiger partial charge in [-0.15, -0.1) is 0 Å². The summed E-state index contributed by atoms with van der Waals surface area (Å²) < 4.78 is 29.8. The first-order chi connectivity index (χ1) is 7.42. The van der Waals surface area contributed by atoms with Crippen LogP contribution in [0.1, 0.15) is 0 Å². The van der Waals surface area contributed by atoms with Gasteiger partial charge in [0.05, 0.1) is 6.61 Å². The average Bonchev–Trinajstić information content (AvgIpc) is 2.16. The van der Waals surface area contributed by atoms with Gasteiger partial charge in [-0.2, -0.15) is 8.42 Å². The Balaban J connectivity index is 2.36. The quantitative estimate of drug-likeness (QED) is 0.479. The van der Waals surface area contributed by atoms with Crippen molar-refractivity contribution in [3.63, 3.8) is 0 Å². The van der Waals surface area contributed by atoms with Crippen LogP contribution >= 0.6 is 0 Å². The first-order valence-electron chi connectivity index (χ1n) is 5.13. The Morgan fingerprint density at radius 3 is 2.19 bits per heavy atom. The van der Waals surface area contributed by atoms with Crippen LogP contribution in [0.4, 0.5) is 0 Å². The van der Waals surface area contributed by atoms with E-state index in [2.05, 4.69) is 0 Å². The molecule has 96 valence electrons. The second-order valence-electron chi connectivity index (χ2n) is 3.83. The summed E-state index contributed by atoms with van der Waals surface area (Å²) >= 11 is 0. The van der Waals surface area contributed by atoms with Crippen LogP contribution in [0.15, 0.2) is 0 Å². The van der Waals surface area contributed by atoms with Crippen molar-refractivity contribution in [1.82, 2.24) is 9.80 Å². The third-order valence-electron chi connectivity index (χ3n) is 2.60. The maximum atomic E-state index is 10.6. The van der Waals surface area contributed by atoms with Gasteiger partial charge < -0.3 is 10.2 Å². The molecule has 7 nitrogen and oxygen atoms in total. The van der Waals surface area contributed by atoms with Gasteiger partial charge in [0.15, 0.2) is 0 Å². The van der Waals surface area contributed by atoms with Crippen molar-refractivity contribution >= 4 is 10.1 Å². The van der Waals surface area contributed by atoms with Crippen LogP contribution < -0.4 is 0 Å². The summed E-state index contributed by atoms with van der Waals surface area (Å²) in [5, 5.41) is 18.3. The molecule has 16 heavy (non-hydrogen) atoms. The van der Waals surface area contributed by atoms with E-state index in [1.54, 1.807) is 4.90 Å². The fraction of sp³-hybridized carbons (Fsp3) is 1.00. The molecular formula is C8H18N2O5S. The van der Waals surface area contributed by atoms with Gasteiger partial charge in [0, 0.05) is 32.7 Å². The molecule has 0 aromatic heterocycles. The highest BCUT2D eigenvalue weighted by Gasteiger charge is 2.25. The second kappa shape index (κ2) is 5.89. The standard InChI is InChI=1S/C8H18N2O5S/c11-6-5-9-1-3-10(4-2-9)8(12)7-16(13,14)15/h8,11-12H,1-7H2,(H,13,14,15). The van der Waals surface area contributed by atoms with Crippen LogP contribution in [0, 0.1) is 0 Å². The van der Waals surface area contributed by atoms with Crippen molar-refractivity contribution in [3.05, 3.63) is 0 Å². The number of piperazine rings is 1. The molecule has 0 saturated carbocycles. The molecule has 1 atom stereocenters. The minimum absolute atomic E-state index is 0.0908. The van der Waals surface area contributed by atoms with Crippen LogP contribution in [0.5, 0.6) is 0 Å². The largest absolute Gasteiger partial charge is 0.395 e. The highest BCUT2D eigenvalue weighted by molar-refractivity contribution is 7.85. The third-order valence-corrected chi connectivity index (χ3v) is 3.32. The van der Waals surface area contributed by atoms with E-state index in [0.717, 1.165) is 0 Å². The molecule has 0 amide bonds. The van der Waals surface area contributed by atoms with Gasteiger partial charge >= 0.3 is 0 Å². The Labute approximate surface area is 95.0 Å². The SMILES string of the molecule is O=S(=O)(O)CC(O)N1CCN(CCO)CC1. The van der Waals surface area contributed by atoms with E-state index >= 15 is 0 Å². The molecule has 1 saturated heterocycles. The number of hydrogen-bond donors (Lipinski definition) is 3. The smallest absolute Gasteiger partial charge is 0.268 e. The zero-order valence-electron chi connectivity index (χ0n) is 8.99. The average molecular weight is 254 g/mol. The fourth-order valence-electron chi connectivity index (χ4n) is 1.72. The zero-order chi connectivity index (χ0) is 12.2. The van der Waals surface area contributed by atoms with Crippen LogP contribution in [-0.2, 0) is 10.1 Å². The van der Waals surface area contributed by atoms with E-state index in [-0.39, 0.29) is 6.61 Å². The molecule has 3 N–H and O–H groups in total. The van der Waals surface area contributed by atoms with E-state index in [1.807, 2.05) is 4.90 Å². The summed E-state index contributed by atoms with van der Waals surface area (Å²) in [6, 6.07) is 0. The molecule has 8 heteroatoms. The number of rotatable bonds is 5. The monoisotopic (exact) mass is 254 g/mol. The van der Waals surface area contributed by atoms with Crippen molar-refractivity contribution in [2.45, 2.75) is 6.23 Å². The molecule has 0 aromatic rings. The van der Waals surface area contributed by atoms with E-state index < -0.39 is 22.1 Å². The molecule has 1 aliphatic rings. The van der Waals surface area contributed by atoms with Crippen molar-refractivity contribution in [1.29, 1.82) is 0 Å². The van der Waals surface area contributed by atoms with E-state index in [9.17, 15) is 13.5 Å². The van der Waals surface area contributed by atoms with E-state index in [1.165, 1.54) is 0 Å². The Morgan fingerprint density at radius 2 is 1.75 bits per heavy atom. The van der Waals surface area contributed by atoms with Crippen LogP contribution in [-0.4, -0.2) is 84.3 Å². The lowest BCUT2D eigenvalue weighted by atomic mass is 10.3. The maximum absolute atomic E-state index is 10.6. The van der Waals surface area contributed by atoms with Crippen molar-refractivity contribution in [2.75, 3.05) is 45.1 Å². The number of hydrogen-bond acceptors (Lipinski definition) is 6. The van der Waals surface area contributed by atoms with Gasteiger partial charge in [-0.25, -0.2) is 0 Å². The first kappa shape index (κ1) is 13.8. The van der Waals surface area contributed by atoms with Crippen molar-refractivity contribution in [2.24, 2.45) is 0 Å². The van der Waals surface area contributed by atoms with E-state index in [4.69, 9.17) is 9.66 Å². The molecule has 1 fully saturated rings. The topological polar surface area (TPSA) is 101 Å². The third kappa shape index (κ3) is 4.73. The van der Waals surface area contributed by atoms with Crippen LogP contribution in [0.3, 0.4) is 0 Å². The van der Waals surface area contributed by atoms with Gasteiger partial charge in [0.25, 0.3) is 10.1 Å². The molecule has 1 unspecified atom stereocenters. The summed E-state index contributed by atoms with van der Waals surface area (Å²) in [7, 11) is -4.14. The highest BCUT2D eigenvalue weighted by Crippen LogP contribution is 2.06. The van der Waals surface area contributed by atoms with Gasteiger partial charge in [-0.05, 0) is 0 Å². The summed E-state index contributed by atoms with van der Waals surface area (Å²) in [5.74, 6) is -0.660. The Morgan fingerprint density at radius 1 is 1.19 bits per heavy atom. The summed E-state index contributed by atoms with van der Waals surface area (Å²) in [6.45, 7) is 3.06. The normalized spacial score (nSPS) is 22.2. The predicted molar refractivity (Wildman–Crippen MR) is 57.5 cm³/mol. The number of aliphatic hydroxyl groups is 2. The lowest BCUT2D eigenvalue weighted by Crippen LogP contribution is -2.52. The Hall–Kier alpha value is -0.250. The molecule has 1 aliphatic heterocycles. The number of nitrogens with zero attached hydrogens (tertiary/aromatic N) is 2. The lowest BCUT2D eigenvalue weighted by Gasteiger charge is -2.36. The van der Waals surface area contributed by atoms with Crippen molar-refractivity contribution in [3.8, 4) is 0 Å². The summed E-state index contributed by atoms with van der Waals surface area (Å²) in [5.41, 5.74) is 0. The minimum Gasteiger partial charge on any atom is -0.395 e. The molecule has 0 radical (unpaired) electrons. The van der Waals surface area contributed by atoms with Gasteiger partial charge in [0.2, 0.25) is 0 Å². The molecule has 0 aliphatic carbocycles. The van der Waals surface area contributed by atoms with Crippen molar-refractivity contribution < 1.29 is 23.2 Å². The van der Waals surface area contributed by atoms with Gasteiger partial charge in [0.1, 0.15) is 12.0 Å². The molecule has 1 rings (SSSR count). The molecule has 0 aromatic carbocycles. The molecular weight excluding hydrogens is 236 g/mol. The molecule has 0 bridgehead atoms. The van der Waals surface area contributed by atoms with Crippen LogP contribution in [0.2, 0.25) is 0 Å². The van der Waals surface area contributed by atoms with Gasteiger partial charge in [-0.1, -0.05) is 0 Å². The molecule has 1 heterocycles. The first-order valence-corrected chi connectivity index (χ1v) is 6.74.